The summed E-state index contributed by atoms with van der Waals surface area (Å²) in [5, 5.41) is 0. The summed E-state index contributed by atoms with van der Waals surface area (Å²) in [4.78, 5) is 0.0768. The van der Waals surface area contributed by atoms with Crippen LogP contribution in [0.4, 0.5) is 5.69 Å². The smallest absolute Gasteiger partial charge is 0.247 e. The van der Waals surface area contributed by atoms with E-state index in [-0.39, 0.29) is 17.2 Å². The van der Waals surface area contributed by atoms with Gasteiger partial charge in [0.1, 0.15) is 10.6 Å². The Balaban J connectivity index is 3.29. The van der Waals surface area contributed by atoms with Crippen molar-refractivity contribution in [2.75, 3.05) is 25.9 Å². The number of sulfonamides is 1. The molecule has 0 fully saturated rings. The van der Waals surface area contributed by atoms with Crippen molar-refractivity contribution in [1.29, 1.82) is 0 Å². The van der Waals surface area contributed by atoms with Gasteiger partial charge < -0.3 is 10.5 Å². The number of hydrogen-bond acceptors (Lipinski definition) is 4. The Morgan fingerprint density at radius 1 is 1.47 bits per heavy atom. The van der Waals surface area contributed by atoms with Gasteiger partial charge in [-0.25, -0.2) is 8.42 Å². The number of rotatable bonds is 6. The number of benzene rings is 1. The Bertz CT molecular complexity index is 576. The maximum atomic E-state index is 12.5. The summed E-state index contributed by atoms with van der Waals surface area (Å²) in [6.07, 6.45) is 5.90. The fourth-order valence-corrected chi connectivity index (χ4v) is 3.25. The Morgan fingerprint density at radius 2 is 2.16 bits per heavy atom. The van der Waals surface area contributed by atoms with E-state index in [4.69, 9.17) is 16.9 Å². The fourth-order valence-electron chi connectivity index (χ4n) is 1.67. The summed E-state index contributed by atoms with van der Waals surface area (Å²) in [5.74, 6) is 2.58. The molecule has 6 heteroatoms. The van der Waals surface area contributed by atoms with E-state index < -0.39 is 10.0 Å². The van der Waals surface area contributed by atoms with Gasteiger partial charge in [-0.15, -0.1) is 6.42 Å². The molecule has 0 radical (unpaired) electrons. The van der Waals surface area contributed by atoms with Crippen molar-refractivity contribution in [3.63, 3.8) is 0 Å². The highest BCUT2D eigenvalue weighted by atomic mass is 32.2. The summed E-state index contributed by atoms with van der Waals surface area (Å²) in [7, 11) is -2.27. The molecule has 0 atom stereocenters. The second-order valence-electron chi connectivity index (χ2n) is 3.95. The van der Waals surface area contributed by atoms with E-state index in [2.05, 4.69) is 5.92 Å². The maximum absolute atomic E-state index is 12.5. The van der Waals surface area contributed by atoms with E-state index in [0.29, 0.717) is 18.7 Å². The van der Waals surface area contributed by atoms with E-state index in [1.54, 1.807) is 0 Å². The highest BCUT2D eigenvalue weighted by molar-refractivity contribution is 7.89. The molecule has 1 aromatic rings. The van der Waals surface area contributed by atoms with Gasteiger partial charge in [-0.05, 0) is 18.6 Å². The monoisotopic (exact) mass is 282 g/mol. The molecule has 0 spiro atoms. The lowest BCUT2D eigenvalue weighted by Crippen LogP contribution is -2.32. The van der Waals surface area contributed by atoms with Gasteiger partial charge in [-0.1, -0.05) is 12.8 Å². The van der Waals surface area contributed by atoms with Crippen LogP contribution in [0.1, 0.15) is 13.3 Å². The molecule has 0 bridgehead atoms. The number of nitrogens with two attached hydrogens (primary N) is 1. The number of methoxy groups -OCH3 is 1. The lowest BCUT2D eigenvalue weighted by Gasteiger charge is -2.20. The van der Waals surface area contributed by atoms with Gasteiger partial charge in [0, 0.05) is 18.3 Å². The van der Waals surface area contributed by atoms with E-state index in [0.717, 1.165) is 0 Å². The molecule has 1 aromatic carbocycles. The second-order valence-corrected chi connectivity index (χ2v) is 5.86. The molecule has 0 aromatic heterocycles. The average molecular weight is 282 g/mol. The molecule has 0 aliphatic carbocycles. The largest absolute Gasteiger partial charge is 0.495 e. The van der Waals surface area contributed by atoms with Crippen LogP contribution in [0.5, 0.6) is 5.75 Å². The number of hydrogen-bond donors (Lipinski definition) is 1. The van der Waals surface area contributed by atoms with Crippen LogP contribution < -0.4 is 10.5 Å². The zero-order chi connectivity index (χ0) is 14.5. The first-order valence-electron chi connectivity index (χ1n) is 5.84. The van der Waals surface area contributed by atoms with Crippen LogP contribution in [0.2, 0.25) is 0 Å². The zero-order valence-corrected chi connectivity index (χ0v) is 11.9. The van der Waals surface area contributed by atoms with Crippen molar-refractivity contribution < 1.29 is 13.2 Å². The van der Waals surface area contributed by atoms with Crippen molar-refractivity contribution in [3.05, 3.63) is 18.2 Å². The van der Waals surface area contributed by atoms with Gasteiger partial charge in [0.2, 0.25) is 10.0 Å². The van der Waals surface area contributed by atoms with Crippen molar-refractivity contribution in [1.82, 2.24) is 4.31 Å². The summed E-state index contributed by atoms with van der Waals surface area (Å²) in [6.45, 7) is 2.28. The summed E-state index contributed by atoms with van der Waals surface area (Å²) in [5.41, 5.74) is 6.06. The number of nitrogens with zero attached hydrogens (tertiary/aromatic N) is 1. The highest BCUT2D eigenvalue weighted by Crippen LogP contribution is 2.28. The van der Waals surface area contributed by atoms with Crippen molar-refractivity contribution in [3.8, 4) is 18.1 Å². The lowest BCUT2D eigenvalue weighted by molar-refractivity contribution is 0.396. The molecule has 0 aliphatic rings. The molecule has 1 rings (SSSR count). The first-order valence-corrected chi connectivity index (χ1v) is 7.28. The first kappa shape index (κ1) is 15.3. The predicted octanol–water partition coefficient (Wildman–Crippen LogP) is 1.31. The number of nitrogen functional groups attached to an aromatic ring is 1. The molecule has 0 heterocycles. The third-order valence-corrected chi connectivity index (χ3v) is 4.43. The van der Waals surface area contributed by atoms with Gasteiger partial charge in [0.05, 0.1) is 13.7 Å². The normalized spacial score (nSPS) is 11.3. The molecular weight excluding hydrogens is 264 g/mol. The van der Waals surface area contributed by atoms with Gasteiger partial charge in [-0.2, -0.15) is 4.31 Å². The average Bonchev–Trinajstić information content (AvgIpc) is 2.38. The molecule has 0 saturated heterocycles. The molecule has 0 unspecified atom stereocenters. The summed E-state index contributed by atoms with van der Waals surface area (Å²) in [6, 6.07) is 4.44. The Morgan fingerprint density at radius 3 is 2.68 bits per heavy atom. The van der Waals surface area contributed by atoms with E-state index in [1.807, 2.05) is 6.92 Å². The molecule has 104 valence electrons. The third-order valence-electron chi connectivity index (χ3n) is 2.55. The molecule has 2 N–H and O–H groups in total. The van der Waals surface area contributed by atoms with Gasteiger partial charge in [-0.3, -0.25) is 0 Å². The van der Waals surface area contributed by atoms with Crippen LogP contribution in [0.25, 0.3) is 0 Å². The van der Waals surface area contributed by atoms with Crippen molar-refractivity contribution >= 4 is 15.7 Å². The molecule has 0 amide bonds. The number of anilines is 1. The number of terminal acetylenes is 1. The molecule has 5 nitrogen and oxygen atoms in total. The topological polar surface area (TPSA) is 72.6 Å². The van der Waals surface area contributed by atoms with Crippen molar-refractivity contribution in [2.24, 2.45) is 0 Å². The quantitative estimate of drug-likeness (QED) is 0.631. The van der Waals surface area contributed by atoms with E-state index in [9.17, 15) is 8.42 Å². The van der Waals surface area contributed by atoms with E-state index >= 15 is 0 Å². The molecule has 19 heavy (non-hydrogen) atoms. The van der Waals surface area contributed by atoms with Crippen LogP contribution in [0.15, 0.2) is 23.1 Å². The van der Waals surface area contributed by atoms with Gasteiger partial charge in [0.15, 0.2) is 0 Å². The van der Waals surface area contributed by atoms with Crippen LogP contribution in [-0.2, 0) is 10.0 Å². The SMILES string of the molecule is C#CCN(CCC)S(=O)(=O)c1ccc(N)cc1OC. The first-order chi connectivity index (χ1) is 8.97. The van der Waals surface area contributed by atoms with Crippen LogP contribution in [0.3, 0.4) is 0 Å². The highest BCUT2D eigenvalue weighted by Gasteiger charge is 2.26. The summed E-state index contributed by atoms with van der Waals surface area (Å²) >= 11 is 0. The number of ether oxygens (including phenoxy) is 1. The van der Waals surface area contributed by atoms with Crippen LogP contribution in [-0.4, -0.2) is 32.9 Å². The maximum Gasteiger partial charge on any atom is 0.247 e. The standard InChI is InChI=1S/C13H18N2O3S/c1-4-8-15(9-5-2)19(16,17)13-7-6-11(14)10-12(13)18-3/h1,6-7,10H,5,8-9,14H2,2-3H3. The predicted molar refractivity (Wildman–Crippen MR) is 75.3 cm³/mol. The van der Waals surface area contributed by atoms with Gasteiger partial charge >= 0.3 is 0 Å². The molecular formula is C13H18N2O3S. The third kappa shape index (κ3) is 3.40. The van der Waals surface area contributed by atoms with Crippen molar-refractivity contribution in [2.45, 2.75) is 18.2 Å². The lowest BCUT2D eigenvalue weighted by atomic mass is 10.3. The minimum Gasteiger partial charge on any atom is -0.495 e. The Labute approximate surface area is 114 Å². The Hall–Kier alpha value is -1.71. The minimum absolute atomic E-state index is 0.0315. The van der Waals surface area contributed by atoms with Gasteiger partial charge in [0.25, 0.3) is 0 Å². The molecule has 0 saturated carbocycles. The summed E-state index contributed by atoms with van der Waals surface area (Å²) < 4.78 is 31.4. The fraction of sp³-hybridized carbons (Fsp3) is 0.385. The van der Waals surface area contributed by atoms with Crippen LogP contribution in [0, 0.1) is 12.3 Å². The second kappa shape index (κ2) is 6.45. The zero-order valence-electron chi connectivity index (χ0n) is 11.1. The minimum atomic E-state index is -3.67. The Kier molecular flexibility index (Phi) is 5.21. The van der Waals surface area contributed by atoms with Crippen LogP contribution >= 0.6 is 0 Å². The molecule has 0 aliphatic heterocycles. The van der Waals surface area contributed by atoms with E-state index in [1.165, 1.54) is 29.6 Å².